The number of aryl methyl sites for hydroxylation is 1. The van der Waals surface area contributed by atoms with Crippen molar-refractivity contribution in [3.05, 3.63) is 34.9 Å². The molecule has 5 heteroatoms. The highest BCUT2D eigenvalue weighted by atomic mass is 35.5. The van der Waals surface area contributed by atoms with E-state index in [-0.39, 0.29) is 24.4 Å². The van der Waals surface area contributed by atoms with Gasteiger partial charge >= 0.3 is 0 Å². The minimum Gasteiger partial charge on any atom is -0.371 e. The summed E-state index contributed by atoms with van der Waals surface area (Å²) in [5, 5.41) is 0. The fraction of sp³-hybridized carbons (Fsp3) is 0.562. The molecule has 4 nitrogen and oxygen atoms in total. The number of fused-ring (bicyclic) bond motifs is 3. The van der Waals surface area contributed by atoms with Crippen LogP contribution >= 0.6 is 12.4 Å². The first-order valence-corrected chi connectivity index (χ1v) is 7.49. The molecule has 2 N–H and O–H groups in total. The van der Waals surface area contributed by atoms with E-state index in [1.165, 1.54) is 11.1 Å². The van der Waals surface area contributed by atoms with Gasteiger partial charge in [-0.05, 0) is 49.1 Å². The Morgan fingerprint density at radius 2 is 2.29 bits per heavy atom. The summed E-state index contributed by atoms with van der Waals surface area (Å²) in [6.07, 6.45) is 3.45. The summed E-state index contributed by atoms with van der Waals surface area (Å²) in [5.74, 6) is -0.365. The van der Waals surface area contributed by atoms with Gasteiger partial charge in [0.2, 0.25) is 5.91 Å². The highest BCUT2D eigenvalue weighted by Gasteiger charge is 2.37. The minimum atomic E-state index is -0.365. The number of amides is 1. The maximum Gasteiger partial charge on any atom is 0.248 e. The number of morpholine rings is 1. The van der Waals surface area contributed by atoms with Crippen LogP contribution in [-0.4, -0.2) is 36.5 Å². The van der Waals surface area contributed by atoms with Crippen LogP contribution in [0.15, 0.2) is 18.2 Å². The third-order valence-corrected chi connectivity index (χ3v) is 4.45. The van der Waals surface area contributed by atoms with E-state index in [0.29, 0.717) is 11.6 Å². The van der Waals surface area contributed by atoms with Crippen molar-refractivity contribution in [2.45, 2.75) is 38.3 Å². The Bertz CT molecular complexity index is 519. The molecular weight excluding hydrogens is 288 g/mol. The van der Waals surface area contributed by atoms with Crippen LogP contribution in [0.1, 0.15) is 47.4 Å². The van der Waals surface area contributed by atoms with Gasteiger partial charge in [0.25, 0.3) is 0 Å². The Labute approximate surface area is 132 Å². The molecule has 1 aliphatic heterocycles. The molecule has 2 atom stereocenters. The first-order chi connectivity index (χ1) is 9.70. The lowest BCUT2D eigenvalue weighted by atomic mass is 9.83. The smallest absolute Gasteiger partial charge is 0.248 e. The second-order valence-electron chi connectivity index (χ2n) is 5.71. The van der Waals surface area contributed by atoms with Crippen LogP contribution in [0, 0.1) is 0 Å². The molecule has 0 spiro atoms. The quantitative estimate of drug-likeness (QED) is 0.932. The molecule has 1 aliphatic carbocycles. The van der Waals surface area contributed by atoms with Crippen molar-refractivity contribution < 1.29 is 9.53 Å². The van der Waals surface area contributed by atoms with Gasteiger partial charge in [-0.1, -0.05) is 13.0 Å². The zero-order valence-corrected chi connectivity index (χ0v) is 13.2. The van der Waals surface area contributed by atoms with Gasteiger partial charge in [0.05, 0.1) is 12.7 Å². The molecule has 1 saturated heterocycles. The van der Waals surface area contributed by atoms with Crippen LogP contribution in [0.3, 0.4) is 0 Å². The minimum absolute atomic E-state index is 0. The molecule has 0 bridgehead atoms. The number of primary amides is 1. The van der Waals surface area contributed by atoms with Crippen LogP contribution in [0.5, 0.6) is 0 Å². The fourth-order valence-electron chi connectivity index (χ4n) is 3.51. The molecule has 21 heavy (non-hydrogen) atoms. The first-order valence-electron chi connectivity index (χ1n) is 7.49. The molecule has 1 amide bonds. The molecule has 116 valence electrons. The Morgan fingerprint density at radius 1 is 1.48 bits per heavy atom. The predicted octanol–water partition coefficient (Wildman–Crippen LogP) is 2.31. The number of carbonyl (C=O) groups is 1. The predicted molar refractivity (Wildman–Crippen MR) is 84.9 cm³/mol. The number of benzene rings is 1. The second-order valence-corrected chi connectivity index (χ2v) is 5.71. The average Bonchev–Trinajstić information content (AvgIpc) is 2.47. The van der Waals surface area contributed by atoms with E-state index in [4.69, 9.17) is 10.5 Å². The largest absolute Gasteiger partial charge is 0.371 e. The molecule has 3 rings (SSSR count). The molecular formula is C16H23ClN2O2. The third-order valence-electron chi connectivity index (χ3n) is 4.45. The summed E-state index contributed by atoms with van der Waals surface area (Å²) in [7, 11) is 0. The van der Waals surface area contributed by atoms with E-state index in [9.17, 15) is 4.79 Å². The summed E-state index contributed by atoms with van der Waals surface area (Å²) >= 11 is 0. The van der Waals surface area contributed by atoms with Gasteiger partial charge in [-0.2, -0.15) is 0 Å². The number of nitrogens with two attached hydrogens (primary N) is 1. The molecule has 0 aromatic heterocycles. The number of carbonyl (C=O) groups excluding carboxylic acids is 1. The number of hydrogen-bond donors (Lipinski definition) is 1. The van der Waals surface area contributed by atoms with Gasteiger partial charge < -0.3 is 10.5 Å². The summed E-state index contributed by atoms with van der Waals surface area (Å²) in [5.41, 5.74) is 8.45. The molecule has 1 aromatic rings. The second kappa shape index (κ2) is 6.77. The van der Waals surface area contributed by atoms with E-state index >= 15 is 0 Å². The summed E-state index contributed by atoms with van der Waals surface area (Å²) in [4.78, 5) is 13.9. The number of halogens is 1. The molecule has 1 aromatic carbocycles. The van der Waals surface area contributed by atoms with Gasteiger partial charge in [0.15, 0.2) is 0 Å². The number of nitrogens with zero attached hydrogens (tertiary/aromatic N) is 1. The lowest BCUT2D eigenvalue weighted by molar-refractivity contribution is -0.0801. The van der Waals surface area contributed by atoms with Crippen molar-refractivity contribution in [2.24, 2.45) is 5.73 Å². The van der Waals surface area contributed by atoms with Crippen molar-refractivity contribution in [3.63, 3.8) is 0 Å². The number of rotatable bonds is 3. The van der Waals surface area contributed by atoms with Gasteiger partial charge in [0.1, 0.15) is 0 Å². The zero-order chi connectivity index (χ0) is 14.1. The van der Waals surface area contributed by atoms with Gasteiger partial charge in [0, 0.05) is 18.2 Å². The van der Waals surface area contributed by atoms with Crippen molar-refractivity contribution in [1.29, 1.82) is 0 Å². The Hall–Kier alpha value is -1.10. The summed E-state index contributed by atoms with van der Waals surface area (Å²) in [6.45, 7) is 5.11. The third kappa shape index (κ3) is 3.07. The first kappa shape index (κ1) is 16.3. The van der Waals surface area contributed by atoms with Crippen LogP contribution in [0.4, 0.5) is 0 Å². The van der Waals surface area contributed by atoms with Crippen molar-refractivity contribution in [1.82, 2.24) is 4.90 Å². The Balaban J connectivity index is 0.00000161. The van der Waals surface area contributed by atoms with E-state index in [1.54, 1.807) is 0 Å². The highest BCUT2D eigenvalue weighted by molar-refractivity contribution is 5.93. The average molecular weight is 311 g/mol. The summed E-state index contributed by atoms with van der Waals surface area (Å²) < 4.78 is 6.03. The Morgan fingerprint density at radius 3 is 3.00 bits per heavy atom. The topological polar surface area (TPSA) is 55.6 Å². The van der Waals surface area contributed by atoms with Crippen LogP contribution in [0.2, 0.25) is 0 Å². The van der Waals surface area contributed by atoms with Crippen molar-refractivity contribution in [2.75, 3.05) is 19.7 Å². The molecule has 0 saturated carbocycles. The number of ether oxygens (including phenoxy) is 1. The van der Waals surface area contributed by atoms with E-state index in [1.807, 2.05) is 18.2 Å². The van der Waals surface area contributed by atoms with Crippen LogP contribution < -0.4 is 5.73 Å². The van der Waals surface area contributed by atoms with Crippen LogP contribution in [-0.2, 0) is 11.2 Å². The molecule has 2 aliphatic rings. The molecule has 0 unspecified atom stereocenters. The van der Waals surface area contributed by atoms with E-state index < -0.39 is 0 Å². The number of hydrogen-bond acceptors (Lipinski definition) is 3. The van der Waals surface area contributed by atoms with Crippen LogP contribution in [0.25, 0.3) is 0 Å². The van der Waals surface area contributed by atoms with Gasteiger partial charge in [-0.3, -0.25) is 9.69 Å². The fourth-order valence-corrected chi connectivity index (χ4v) is 3.51. The zero-order valence-electron chi connectivity index (χ0n) is 12.4. The summed E-state index contributed by atoms with van der Waals surface area (Å²) in [6, 6.07) is 6.24. The maximum atomic E-state index is 11.4. The van der Waals surface area contributed by atoms with Crippen molar-refractivity contribution >= 4 is 18.3 Å². The lowest BCUT2D eigenvalue weighted by Gasteiger charge is -2.44. The Kier molecular flexibility index (Phi) is 5.25. The van der Waals surface area contributed by atoms with Gasteiger partial charge in [-0.25, -0.2) is 0 Å². The van der Waals surface area contributed by atoms with Gasteiger partial charge in [-0.15, -0.1) is 12.4 Å². The monoisotopic (exact) mass is 310 g/mol. The van der Waals surface area contributed by atoms with E-state index in [2.05, 4.69) is 11.8 Å². The normalized spacial score (nSPS) is 24.6. The molecule has 0 radical (unpaired) electrons. The van der Waals surface area contributed by atoms with Crippen molar-refractivity contribution in [3.8, 4) is 0 Å². The highest BCUT2D eigenvalue weighted by Crippen LogP contribution is 2.38. The standard InChI is InChI=1S/C16H22N2O2.ClH/c1-2-7-18-8-9-20-15-13-10-12(16(17)19)4-3-11(13)5-6-14(15)18;/h3-4,10,14-15H,2,5-9H2,1H3,(H2,17,19);1H/t14-,15-;/m1./s1. The maximum absolute atomic E-state index is 11.4. The van der Waals surface area contributed by atoms with E-state index in [0.717, 1.165) is 39.0 Å². The lowest BCUT2D eigenvalue weighted by Crippen LogP contribution is -2.49. The molecule has 1 heterocycles. The SMILES string of the molecule is CCCN1CCO[C@@H]2c3cc(C(N)=O)ccc3CC[C@H]21.Cl. The molecule has 1 fully saturated rings.